The van der Waals surface area contributed by atoms with Gasteiger partial charge in [-0.25, -0.2) is 0 Å². The van der Waals surface area contributed by atoms with E-state index in [4.69, 9.17) is 5.73 Å². The summed E-state index contributed by atoms with van der Waals surface area (Å²) in [7, 11) is 0. The van der Waals surface area contributed by atoms with Gasteiger partial charge in [-0.05, 0) is 43.2 Å². The molecular formula is C13H20N2OS. The largest absolute Gasteiger partial charge is 0.349 e. The van der Waals surface area contributed by atoms with E-state index in [1.54, 1.807) is 11.3 Å². The van der Waals surface area contributed by atoms with Gasteiger partial charge >= 0.3 is 0 Å². The van der Waals surface area contributed by atoms with E-state index >= 15 is 0 Å². The van der Waals surface area contributed by atoms with Crippen molar-refractivity contribution in [3.8, 4) is 0 Å². The third-order valence-corrected chi connectivity index (χ3v) is 4.79. The number of carbonyl (C=O) groups is 1. The Hall–Kier alpha value is -0.870. The lowest BCUT2D eigenvalue weighted by Crippen LogP contribution is -2.42. The number of rotatable bonds is 5. The third kappa shape index (κ3) is 2.87. The predicted octanol–water partition coefficient (Wildman–Crippen LogP) is 2.44. The van der Waals surface area contributed by atoms with Gasteiger partial charge in [0, 0.05) is 11.3 Å². The van der Waals surface area contributed by atoms with Crippen LogP contribution in [0.15, 0.2) is 17.5 Å². The number of carbonyl (C=O) groups excluding carboxylic acids is 1. The summed E-state index contributed by atoms with van der Waals surface area (Å²) < 4.78 is 0. The topological polar surface area (TPSA) is 55.1 Å². The van der Waals surface area contributed by atoms with E-state index in [1.165, 1.54) is 11.3 Å². The second kappa shape index (κ2) is 5.19. The molecular weight excluding hydrogens is 232 g/mol. The molecule has 0 saturated heterocycles. The number of amides is 1. The van der Waals surface area contributed by atoms with Crippen molar-refractivity contribution in [3.05, 3.63) is 22.4 Å². The van der Waals surface area contributed by atoms with Gasteiger partial charge in [0.05, 0.1) is 6.04 Å². The van der Waals surface area contributed by atoms with Crippen LogP contribution in [0, 0.1) is 5.41 Å². The molecule has 17 heavy (non-hydrogen) atoms. The molecule has 0 radical (unpaired) electrons. The van der Waals surface area contributed by atoms with Gasteiger partial charge in [0.25, 0.3) is 0 Å². The Bertz CT molecular complexity index is 365. The summed E-state index contributed by atoms with van der Waals surface area (Å²) in [5, 5.41) is 5.09. The first-order chi connectivity index (χ1) is 8.15. The van der Waals surface area contributed by atoms with Crippen molar-refractivity contribution in [2.45, 2.75) is 38.6 Å². The minimum atomic E-state index is 0.0965. The van der Waals surface area contributed by atoms with Crippen molar-refractivity contribution in [3.63, 3.8) is 0 Å². The van der Waals surface area contributed by atoms with Crippen molar-refractivity contribution in [2.24, 2.45) is 11.1 Å². The molecule has 1 unspecified atom stereocenters. The van der Waals surface area contributed by atoms with E-state index in [0.717, 1.165) is 12.8 Å². The van der Waals surface area contributed by atoms with E-state index in [9.17, 15) is 4.79 Å². The van der Waals surface area contributed by atoms with Crippen molar-refractivity contribution in [2.75, 3.05) is 6.54 Å². The van der Waals surface area contributed by atoms with Crippen molar-refractivity contribution >= 4 is 17.2 Å². The number of thiophene rings is 1. The van der Waals surface area contributed by atoms with E-state index in [1.807, 2.05) is 18.4 Å². The predicted molar refractivity (Wildman–Crippen MR) is 70.8 cm³/mol. The van der Waals surface area contributed by atoms with Crippen molar-refractivity contribution in [1.82, 2.24) is 5.32 Å². The summed E-state index contributed by atoms with van der Waals surface area (Å²) in [4.78, 5) is 13.2. The van der Waals surface area contributed by atoms with Gasteiger partial charge in [-0.2, -0.15) is 0 Å². The Morgan fingerprint density at radius 1 is 1.65 bits per heavy atom. The highest BCUT2D eigenvalue weighted by Gasteiger charge is 2.37. The maximum absolute atomic E-state index is 12.0. The summed E-state index contributed by atoms with van der Waals surface area (Å²) in [6.07, 6.45) is 4.00. The van der Waals surface area contributed by atoms with Crippen molar-refractivity contribution < 1.29 is 4.79 Å². The van der Waals surface area contributed by atoms with E-state index in [0.29, 0.717) is 13.0 Å². The van der Waals surface area contributed by atoms with Crippen LogP contribution in [0.4, 0.5) is 0 Å². The average Bonchev–Trinajstić information content (AvgIpc) is 2.76. The van der Waals surface area contributed by atoms with E-state index in [2.05, 4.69) is 11.4 Å². The van der Waals surface area contributed by atoms with Gasteiger partial charge in [0.15, 0.2) is 0 Å². The Labute approximate surface area is 106 Å². The van der Waals surface area contributed by atoms with Gasteiger partial charge in [-0.15, -0.1) is 11.3 Å². The second-order valence-corrected chi connectivity index (χ2v) is 6.02. The molecule has 1 atom stereocenters. The number of hydrogen-bond donors (Lipinski definition) is 2. The van der Waals surface area contributed by atoms with Gasteiger partial charge in [0.1, 0.15) is 0 Å². The van der Waals surface area contributed by atoms with E-state index < -0.39 is 0 Å². The normalized spacial score (nSPS) is 19.4. The summed E-state index contributed by atoms with van der Waals surface area (Å²) in [5.74, 6) is 0.135. The van der Waals surface area contributed by atoms with E-state index in [-0.39, 0.29) is 17.4 Å². The molecule has 1 amide bonds. The van der Waals surface area contributed by atoms with Crippen LogP contribution >= 0.6 is 11.3 Å². The summed E-state index contributed by atoms with van der Waals surface area (Å²) in [5.41, 5.74) is 5.86. The highest BCUT2D eigenvalue weighted by molar-refractivity contribution is 7.10. The molecule has 1 aliphatic carbocycles. The molecule has 94 valence electrons. The fourth-order valence-electron chi connectivity index (χ4n) is 2.37. The summed E-state index contributed by atoms with van der Waals surface area (Å²) >= 11 is 1.68. The van der Waals surface area contributed by atoms with Gasteiger partial charge in [-0.1, -0.05) is 12.5 Å². The van der Waals surface area contributed by atoms with Crippen LogP contribution in [-0.4, -0.2) is 12.5 Å². The molecule has 1 fully saturated rings. The molecule has 0 aliphatic heterocycles. The summed E-state index contributed by atoms with van der Waals surface area (Å²) in [6.45, 7) is 2.66. The molecule has 4 heteroatoms. The smallest absolute Gasteiger partial charge is 0.221 e. The Morgan fingerprint density at radius 2 is 2.41 bits per heavy atom. The van der Waals surface area contributed by atoms with Gasteiger partial charge in [0.2, 0.25) is 5.91 Å². The molecule has 0 spiro atoms. The van der Waals surface area contributed by atoms with Crippen LogP contribution in [0.3, 0.4) is 0 Å². The van der Waals surface area contributed by atoms with Crippen LogP contribution in [-0.2, 0) is 4.79 Å². The standard InChI is InChI=1S/C13H20N2OS/c1-10(11-4-2-7-17-11)15-12(16)8-13(9-14)5-3-6-13/h2,4,7,10H,3,5-6,8-9,14H2,1H3,(H,15,16). The summed E-state index contributed by atoms with van der Waals surface area (Å²) in [6, 6.07) is 4.17. The zero-order valence-corrected chi connectivity index (χ0v) is 11.1. The SMILES string of the molecule is CC(NC(=O)CC1(CN)CCC1)c1cccs1. The number of nitrogens with two attached hydrogens (primary N) is 1. The second-order valence-electron chi connectivity index (χ2n) is 5.04. The van der Waals surface area contributed by atoms with Gasteiger partial charge in [-0.3, -0.25) is 4.79 Å². The maximum Gasteiger partial charge on any atom is 0.221 e. The first-order valence-corrected chi connectivity index (χ1v) is 7.06. The van der Waals surface area contributed by atoms with Crippen LogP contribution in [0.1, 0.15) is 43.5 Å². The zero-order valence-electron chi connectivity index (χ0n) is 10.2. The monoisotopic (exact) mass is 252 g/mol. The molecule has 1 saturated carbocycles. The lowest BCUT2D eigenvalue weighted by atomic mass is 9.66. The minimum absolute atomic E-state index is 0.0965. The maximum atomic E-state index is 12.0. The third-order valence-electron chi connectivity index (χ3n) is 3.73. The molecule has 1 aromatic heterocycles. The fraction of sp³-hybridized carbons (Fsp3) is 0.615. The lowest BCUT2D eigenvalue weighted by molar-refractivity contribution is -0.125. The molecule has 3 N–H and O–H groups in total. The average molecular weight is 252 g/mol. The number of nitrogens with one attached hydrogen (secondary N) is 1. The fourth-order valence-corrected chi connectivity index (χ4v) is 3.11. The Balaban J connectivity index is 1.85. The molecule has 1 aromatic rings. The molecule has 3 nitrogen and oxygen atoms in total. The molecule has 1 aliphatic rings. The first-order valence-electron chi connectivity index (χ1n) is 6.18. The number of hydrogen-bond acceptors (Lipinski definition) is 3. The molecule has 1 heterocycles. The Morgan fingerprint density at radius 3 is 2.88 bits per heavy atom. The highest BCUT2D eigenvalue weighted by Crippen LogP contribution is 2.42. The Kier molecular flexibility index (Phi) is 3.84. The first kappa shape index (κ1) is 12.6. The van der Waals surface area contributed by atoms with Crippen LogP contribution in [0.25, 0.3) is 0 Å². The molecule has 0 bridgehead atoms. The molecule has 0 aromatic carbocycles. The zero-order chi connectivity index (χ0) is 12.3. The van der Waals surface area contributed by atoms with Crippen LogP contribution in [0.5, 0.6) is 0 Å². The molecule has 2 rings (SSSR count). The minimum Gasteiger partial charge on any atom is -0.349 e. The van der Waals surface area contributed by atoms with Gasteiger partial charge < -0.3 is 11.1 Å². The van der Waals surface area contributed by atoms with Crippen LogP contribution in [0.2, 0.25) is 0 Å². The lowest BCUT2D eigenvalue weighted by Gasteiger charge is -2.40. The quantitative estimate of drug-likeness (QED) is 0.845. The highest BCUT2D eigenvalue weighted by atomic mass is 32.1. The van der Waals surface area contributed by atoms with Crippen LogP contribution < -0.4 is 11.1 Å². The van der Waals surface area contributed by atoms with Crippen molar-refractivity contribution in [1.29, 1.82) is 0 Å².